The largest absolute Gasteiger partial charge is 0.417 e. The number of nitrogens with two attached hydrogens (primary N) is 1. The molecule has 1 saturated heterocycles. The molecule has 1 aliphatic carbocycles. The van der Waals surface area contributed by atoms with Gasteiger partial charge in [-0.1, -0.05) is 0 Å². The van der Waals surface area contributed by atoms with E-state index in [-0.39, 0.29) is 43.2 Å². The van der Waals surface area contributed by atoms with Crippen LogP contribution in [0.5, 0.6) is 0 Å². The van der Waals surface area contributed by atoms with Gasteiger partial charge >= 0.3 is 6.18 Å². The van der Waals surface area contributed by atoms with Crippen molar-refractivity contribution in [2.45, 2.75) is 50.6 Å². The molecule has 2 fully saturated rings. The number of primary amides is 1. The molecule has 0 unspecified atom stereocenters. The molecule has 3 heterocycles. The van der Waals surface area contributed by atoms with E-state index in [0.29, 0.717) is 25.2 Å². The number of rotatable bonds is 9. The summed E-state index contributed by atoms with van der Waals surface area (Å²) in [5, 5.41) is 13.4. The number of nitrogens with one attached hydrogen (secondary N) is 1. The van der Waals surface area contributed by atoms with Crippen molar-refractivity contribution >= 4 is 17.5 Å². The van der Waals surface area contributed by atoms with Crippen LogP contribution in [0.2, 0.25) is 0 Å². The number of carbonyl (C=O) groups excluding carboxylic acids is 1. The third kappa shape index (κ3) is 6.19. The molecule has 1 amide bonds. The third-order valence-corrected chi connectivity index (χ3v) is 6.76. The first kappa shape index (κ1) is 26.0. The number of amides is 1. The van der Waals surface area contributed by atoms with Gasteiger partial charge in [0.25, 0.3) is 0 Å². The smallest absolute Gasteiger partial charge is 0.391 e. The van der Waals surface area contributed by atoms with E-state index in [0.717, 1.165) is 31.5 Å². The van der Waals surface area contributed by atoms with Crippen LogP contribution < -0.4 is 16.0 Å². The van der Waals surface area contributed by atoms with E-state index < -0.39 is 29.6 Å². The van der Waals surface area contributed by atoms with Crippen LogP contribution in [0.25, 0.3) is 0 Å². The van der Waals surface area contributed by atoms with Gasteiger partial charge in [0, 0.05) is 31.2 Å². The lowest BCUT2D eigenvalue weighted by Gasteiger charge is -2.38. The van der Waals surface area contributed by atoms with Crippen molar-refractivity contribution in [2.24, 2.45) is 11.7 Å². The molecule has 13 heteroatoms. The second-order valence-corrected chi connectivity index (χ2v) is 9.31. The SMILES string of the molecule is NC(=O)CN1CC[C@H](CNc2ncnc(N(Cc3ccc(C(F)(F)F)cn3)C3CCC3)c2F)[C@@H](O)C1. The van der Waals surface area contributed by atoms with E-state index in [9.17, 15) is 23.1 Å². The van der Waals surface area contributed by atoms with Gasteiger partial charge in [0.2, 0.25) is 11.7 Å². The van der Waals surface area contributed by atoms with Crippen LogP contribution in [0.15, 0.2) is 24.7 Å². The quantitative estimate of drug-likeness (QED) is 0.438. The van der Waals surface area contributed by atoms with Crippen molar-refractivity contribution < 1.29 is 27.5 Å². The first-order chi connectivity index (χ1) is 17.1. The summed E-state index contributed by atoms with van der Waals surface area (Å²) in [6.07, 6.45) is -0.0141. The average Bonchev–Trinajstić information content (AvgIpc) is 2.77. The van der Waals surface area contributed by atoms with Crippen molar-refractivity contribution in [3.8, 4) is 0 Å². The van der Waals surface area contributed by atoms with Crippen LogP contribution in [0, 0.1) is 11.7 Å². The van der Waals surface area contributed by atoms with Crippen molar-refractivity contribution in [3.05, 3.63) is 41.7 Å². The second-order valence-electron chi connectivity index (χ2n) is 9.31. The van der Waals surface area contributed by atoms with Gasteiger partial charge in [-0.15, -0.1) is 0 Å². The van der Waals surface area contributed by atoms with Crippen LogP contribution in [0.3, 0.4) is 0 Å². The number of alkyl halides is 3. The van der Waals surface area contributed by atoms with Gasteiger partial charge in [-0.25, -0.2) is 9.97 Å². The number of likely N-dealkylation sites (tertiary alicyclic amines) is 1. The predicted octanol–water partition coefficient (Wildman–Crippen LogP) is 2.17. The van der Waals surface area contributed by atoms with Gasteiger partial charge < -0.3 is 21.1 Å². The standard InChI is InChI=1S/C23H29F4N7O2/c24-20-21(30-8-14-6-7-33(11-18(14)35)12-19(28)36)31-13-32-22(20)34(17-2-1-3-17)10-16-5-4-15(9-29-16)23(25,26)27/h4-5,9,13-14,17-18,35H,1-3,6-8,10-12H2,(H2,28,36)(H,30,31,32)/t14-,18+/m1/s1. The summed E-state index contributed by atoms with van der Waals surface area (Å²) in [5.74, 6) is -1.27. The zero-order valence-electron chi connectivity index (χ0n) is 19.6. The Balaban J connectivity index is 1.45. The molecule has 9 nitrogen and oxygen atoms in total. The van der Waals surface area contributed by atoms with Crippen LogP contribution in [0.4, 0.5) is 29.2 Å². The number of β-amino-alcohol motifs (C(OH)–C–C–N with tert-alkyl or cyclic N) is 1. The van der Waals surface area contributed by atoms with Gasteiger partial charge in [0.15, 0.2) is 11.6 Å². The molecule has 2 aromatic rings. The molecule has 36 heavy (non-hydrogen) atoms. The second kappa shape index (κ2) is 10.9. The number of carbonyl (C=O) groups is 1. The maximum Gasteiger partial charge on any atom is 0.417 e. The molecule has 196 valence electrons. The Labute approximate surface area is 205 Å². The summed E-state index contributed by atoms with van der Waals surface area (Å²) < 4.78 is 54.1. The first-order valence-corrected chi connectivity index (χ1v) is 11.8. The van der Waals surface area contributed by atoms with Crippen molar-refractivity contribution in [3.63, 3.8) is 0 Å². The molecule has 1 saturated carbocycles. The summed E-state index contributed by atoms with van der Waals surface area (Å²) in [6, 6.07) is 2.24. The van der Waals surface area contributed by atoms with Gasteiger partial charge in [0.05, 0.1) is 30.5 Å². The minimum atomic E-state index is -4.48. The summed E-state index contributed by atoms with van der Waals surface area (Å²) >= 11 is 0. The predicted molar refractivity (Wildman–Crippen MR) is 123 cm³/mol. The van der Waals surface area contributed by atoms with Gasteiger partial charge in [-0.05, 0) is 44.4 Å². The number of nitrogens with zero attached hydrogens (tertiary/aromatic N) is 5. The van der Waals surface area contributed by atoms with E-state index in [2.05, 4.69) is 20.3 Å². The van der Waals surface area contributed by atoms with Gasteiger partial charge in [-0.3, -0.25) is 14.7 Å². The highest BCUT2D eigenvalue weighted by Gasteiger charge is 2.33. The summed E-state index contributed by atoms with van der Waals surface area (Å²) in [4.78, 5) is 26.7. The first-order valence-electron chi connectivity index (χ1n) is 11.8. The Morgan fingerprint density at radius 2 is 2.00 bits per heavy atom. The summed E-state index contributed by atoms with van der Waals surface area (Å²) in [5.41, 5.74) is 4.74. The maximum atomic E-state index is 15.5. The highest BCUT2D eigenvalue weighted by molar-refractivity contribution is 5.75. The van der Waals surface area contributed by atoms with Crippen molar-refractivity contribution in [1.29, 1.82) is 0 Å². The maximum absolute atomic E-state index is 15.5. The van der Waals surface area contributed by atoms with E-state index in [1.807, 2.05) is 0 Å². The van der Waals surface area contributed by atoms with Crippen molar-refractivity contribution in [2.75, 3.05) is 36.4 Å². The fraction of sp³-hybridized carbons (Fsp3) is 0.565. The lowest BCUT2D eigenvalue weighted by atomic mass is 9.91. The molecule has 4 rings (SSSR count). The molecule has 2 atom stereocenters. The molecule has 0 aromatic carbocycles. The third-order valence-electron chi connectivity index (χ3n) is 6.76. The van der Waals surface area contributed by atoms with Crippen LogP contribution in [-0.2, 0) is 17.5 Å². The Hall–Kier alpha value is -3.06. The molecule has 0 radical (unpaired) electrons. The number of aromatic nitrogens is 3. The number of pyridine rings is 1. The number of halogens is 4. The van der Waals surface area contributed by atoms with Crippen LogP contribution in [0.1, 0.15) is 36.9 Å². The van der Waals surface area contributed by atoms with E-state index >= 15 is 4.39 Å². The Kier molecular flexibility index (Phi) is 7.88. The fourth-order valence-electron chi connectivity index (χ4n) is 4.50. The zero-order chi connectivity index (χ0) is 25.9. The topological polar surface area (TPSA) is 120 Å². The van der Waals surface area contributed by atoms with Gasteiger partial charge in [-0.2, -0.15) is 17.6 Å². The molecule has 1 aliphatic heterocycles. The highest BCUT2D eigenvalue weighted by atomic mass is 19.4. The molecule has 2 aromatic heterocycles. The Morgan fingerprint density at radius 3 is 2.58 bits per heavy atom. The average molecular weight is 512 g/mol. The molecule has 2 aliphatic rings. The number of anilines is 2. The lowest BCUT2D eigenvalue weighted by molar-refractivity contribution is -0.137. The molecular formula is C23H29F4N7O2. The lowest BCUT2D eigenvalue weighted by Crippen LogP contribution is -2.48. The van der Waals surface area contributed by atoms with Crippen LogP contribution in [-0.4, -0.2) is 69.2 Å². The Morgan fingerprint density at radius 1 is 1.22 bits per heavy atom. The number of hydrogen-bond acceptors (Lipinski definition) is 8. The minimum absolute atomic E-state index is 0.0113. The molecular weight excluding hydrogens is 482 g/mol. The number of aliphatic hydroxyl groups is 1. The molecule has 0 bridgehead atoms. The zero-order valence-corrected chi connectivity index (χ0v) is 19.6. The number of hydrogen-bond donors (Lipinski definition) is 3. The normalized spacial score (nSPS) is 21.1. The van der Waals surface area contributed by atoms with Crippen molar-refractivity contribution in [1.82, 2.24) is 19.9 Å². The summed E-state index contributed by atoms with van der Waals surface area (Å²) in [7, 11) is 0. The van der Waals surface area contributed by atoms with E-state index in [4.69, 9.17) is 5.73 Å². The van der Waals surface area contributed by atoms with E-state index in [1.54, 1.807) is 9.80 Å². The minimum Gasteiger partial charge on any atom is -0.391 e. The molecule has 0 spiro atoms. The van der Waals surface area contributed by atoms with Gasteiger partial charge in [0.1, 0.15) is 6.33 Å². The number of piperidine rings is 1. The van der Waals surface area contributed by atoms with E-state index in [1.165, 1.54) is 12.4 Å². The monoisotopic (exact) mass is 511 g/mol. The number of aliphatic hydroxyl groups excluding tert-OH is 1. The summed E-state index contributed by atoms with van der Waals surface area (Å²) in [6.45, 7) is 1.32. The Bertz CT molecular complexity index is 1050. The highest BCUT2D eigenvalue weighted by Crippen LogP contribution is 2.33. The fourth-order valence-corrected chi connectivity index (χ4v) is 4.50. The molecule has 4 N–H and O–H groups in total. The van der Waals surface area contributed by atoms with Crippen LogP contribution >= 0.6 is 0 Å².